The molecule has 2 radical (unpaired) electrons. The van der Waals surface area contributed by atoms with Crippen LogP contribution in [0.4, 0.5) is 10.5 Å². The summed E-state index contributed by atoms with van der Waals surface area (Å²) < 4.78 is -0.272. The second-order valence-electron chi connectivity index (χ2n) is 2.01. The Labute approximate surface area is 72.5 Å². The summed E-state index contributed by atoms with van der Waals surface area (Å²) in [6, 6.07) is 6.55. The van der Waals surface area contributed by atoms with Crippen molar-refractivity contribution in [3.05, 3.63) is 24.3 Å². The molecule has 0 saturated heterocycles. The summed E-state index contributed by atoms with van der Waals surface area (Å²) in [6.07, 6.45) is 0. The number of carbonyl (C=O) groups excluding carboxylic acids is 1. The first-order valence-electron chi connectivity index (χ1n) is 3.04. The van der Waals surface area contributed by atoms with Crippen molar-refractivity contribution in [2.45, 2.75) is 0 Å². The highest BCUT2D eigenvalue weighted by Crippen LogP contribution is 2.20. The summed E-state index contributed by atoms with van der Waals surface area (Å²) in [5.74, 6) is 0.0725. The molecule has 1 rings (SSSR count). The molecular formula is C7H6AlNO2. The van der Waals surface area contributed by atoms with Gasteiger partial charge in [0.15, 0.2) is 0 Å². The number of phenols is 1. The first-order chi connectivity index (χ1) is 5.20. The predicted molar refractivity (Wildman–Crippen MR) is 42.9 cm³/mol. The topological polar surface area (TPSA) is 49.3 Å². The minimum Gasteiger partial charge on any atom is -0.506 e. The van der Waals surface area contributed by atoms with Gasteiger partial charge >= 0.3 is 0 Å². The number of amides is 1. The molecule has 54 valence electrons. The van der Waals surface area contributed by atoms with Gasteiger partial charge in [0, 0.05) is 0 Å². The Bertz CT molecular complexity index is 275. The zero-order valence-electron chi connectivity index (χ0n) is 5.74. The van der Waals surface area contributed by atoms with Crippen molar-refractivity contribution in [2.24, 2.45) is 0 Å². The third-order valence-corrected chi connectivity index (χ3v) is 1.31. The number of benzene rings is 1. The largest absolute Gasteiger partial charge is 0.506 e. The van der Waals surface area contributed by atoms with E-state index in [4.69, 9.17) is 5.11 Å². The highest BCUT2D eigenvalue weighted by molar-refractivity contribution is 6.60. The number of carbonyl (C=O) groups is 1. The van der Waals surface area contributed by atoms with E-state index in [-0.39, 0.29) is 10.5 Å². The van der Waals surface area contributed by atoms with Gasteiger partial charge in [-0.15, -0.1) is 0 Å². The molecule has 0 heterocycles. The van der Waals surface area contributed by atoms with E-state index in [2.05, 4.69) is 5.32 Å². The summed E-state index contributed by atoms with van der Waals surface area (Å²) >= 11 is 1.97. The van der Waals surface area contributed by atoms with Crippen molar-refractivity contribution in [1.82, 2.24) is 0 Å². The lowest BCUT2D eigenvalue weighted by Crippen LogP contribution is -2.07. The third-order valence-electron chi connectivity index (χ3n) is 1.16. The summed E-state index contributed by atoms with van der Waals surface area (Å²) in [5.41, 5.74) is 0.424. The fourth-order valence-electron chi connectivity index (χ4n) is 0.712. The molecule has 0 saturated carbocycles. The Morgan fingerprint density at radius 2 is 2.09 bits per heavy atom. The van der Waals surface area contributed by atoms with E-state index in [1.165, 1.54) is 6.07 Å². The molecule has 11 heavy (non-hydrogen) atoms. The van der Waals surface area contributed by atoms with Gasteiger partial charge < -0.3 is 15.2 Å². The van der Waals surface area contributed by atoms with Gasteiger partial charge in [-0.25, -0.2) is 0 Å². The summed E-state index contributed by atoms with van der Waals surface area (Å²) in [7, 11) is 0. The van der Waals surface area contributed by atoms with E-state index < -0.39 is 0 Å². The molecule has 0 aliphatic carbocycles. The van der Waals surface area contributed by atoms with Crippen LogP contribution in [0.25, 0.3) is 0 Å². The second-order valence-corrected chi connectivity index (χ2v) is 2.53. The highest BCUT2D eigenvalue weighted by Gasteiger charge is 1.97. The van der Waals surface area contributed by atoms with E-state index >= 15 is 0 Å². The molecule has 1 aromatic rings. The SMILES string of the molecule is O=[C]([Al])Nc1ccccc1O. The van der Waals surface area contributed by atoms with Gasteiger partial charge in [-0.3, -0.25) is 0 Å². The van der Waals surface area contributed by atoms with Crippen molar-refractivity contribution in [2.75, 3.05) is 5.32 Å². The lowest BCUT2D eigenvalue weighted by Gasteiger charge is -2.03. The Kier molecular flexibility index (Phi) is 2.53. The maximum absolute atomic E-state index is 10.5. The van der Waals surface area contributed by atoms with Gasteiger partial charge in [0.25, 0.3) is 16.3 Å². The molecule has 0 atom stereocenters. The standard InChI is InChI=1S/C7H6NO2.Al/c9-5-8-6-3-1-2-4-7(6)10;/h1-4,10H,(H,8,9);. The molecule has 4 heteroatoms. The maximum atomic E-state index is 10.5. The lowest BCUT2D eigenvalue weighted by molar-refractivity contribution is 0.268. The molecule has 0 aliphatic heterocycles. The monoisotopic (exact) mass is 163 g/mol. The van der Waals surface area contributed by atoms with Crippen molar-refractivity contribution in [3.8, 4) is 5.75 Å². The van der Waals surface area contributed by atoms with E-state index in [9.17, 15) is 4.79 Å². The molecule has 2 N–H and O–H groups in total. The predicted octanol–water partition coefficient (Wildman–Crippen LogP) is 1.09. The van der Waals surface area contributed by atoms with Crippen LogP contribution in [-0.4, -0.2) is 26.2 Å². The number of rotatable bonds is 1. The Morgan fingerprint density at radius 3 is 2.64 bits per heavy atom. The van der Waals surface area contributed by atoms with Crippen LogP contribution in [-0.2, 0) is 0 Å². The van der Waals surface area contributed by atoms with Crippen LogP contribution in [0, 0.1) is 0 Å². The molecule has 0 aromatic heterocycles. The highest BCUT2D eigenvalue weighted by atomic mass is 27.0. The van der Waals surface area contributed by atoms with Gasteiger partial charge in [0.1, 0.15) is 10.5 Å². The molecular weight excluding hydrogens is 157 g/mol. The maximum Gasteiger partial charge on any atom is 0.281 e. The van der Waals surface area contributed by atoms with E-state index in [0.717, 1.165) is 0 Å². The Hall–Kier alpha value is -0.978. The van der Waals surface area contributed by atoms with Gasteiger partial charge in [-0.2, -0.15) is 0 Å². The molecule has 0 bridgehead atoms. The van der Waals surface area contributed by atoms with Crippen LogP contribution in [0.5, 0.6) is 5.75 Å². The minimum atomic E-state index is -0.272. The van der Waals surface area contributed by atoms with Crippen LogP contribution in [0.15, 0.2) is 24.3 Å². The molecule has 3 nitrogen and oxygen atoms in total. The first kappa shape index (κ1) is 8.12. The first-order valence-corrected chi connectivity index (χ1v) is 3.62. The summed E-state index contributed by atoms with van der Waals surface area (Å²) in [6.45, 7) is 0. The van der Waals surface area contributed by atoms with Crippen molar-refractivity contribution < 1.29 is 9.90 Å². The number of aromatic hydroxyl groups is 1. The van der Waals surface area contributed by atoms with Gasteiger partial charge in [0.2, 0.25) is 0 Å². The van der Waals surface area contributed by atoms with E-state index in [1.54, 1.807) is 18.2 Å². The number of phenolic OH excluding ortho intramolecular Hbond substituents is 1. The number of anilines is 1. The average molecular weight is 163 g/mol. The number of hydrogen-bond donors (Lipinski definition) is 2. The van der Waals surface area contributed by atoms with Crippen molar-refractivity contribution >= 4 is 26.7 Å². The van der Waals surface area contributed by atoms with Crippen LogP contribution in [0.3, 0.4) is 0 Å². The molecule has 0 unspecified atom stereocenters. The fourth-order valence-corrected chi connectivity index (χ4v) is 0.868. The molecule has 1 aromatic carbocycles. The summed E-state index contributed by atoms with van der Waals surface area (Å²) in [5, 5.41) is 11.6. The molecule has 0 spiro atoms. The average Bonchev–Trinajstić information content (AvgIpc) is 1.93. The quantitative estimate of drug-likeness (QED) is 0.481. The smallest absolute Gasteiger partial charge is 0.281 e. The van der Waals surface area contributed by atoms with Crippen molar-refractivity contribution in [1.29, 1.82) is 0 Å². The number of para-hydroxylation sites is 2. The van der Waals surface area contributed by atoms with E-state index in [0.29, 0.717) is 5.69 Å². The van der Waals surface area contributed by atoms with Gasteiger partial charge in [0.05, 0.1) is 5.69 Å². The number of nitrogens with one attached hydrogen (secondary N) is 1. The normalized spacial score (nSPS) is 9.09. The molecule has 0 aliphatic rings. The van der Waals surface area contributed by atoms with Crippen LogP contribution in [0.2, 0.25) is 0 Å². The molecule has 0 fully saturated rings. The van der Waals surface area contributed by atoms with Crippen LogP contribution in [0.1, 0.15) is 0 Å². The zero-order valence-corrected chi connectivity index (χ0v) is 6.90. The van der Waals surface area contributed by atoms with Gasteiger partial charge in [-0.1, -0.05) is 12.1 Å². The third kappa shape index (κ3) is 2.26. The second kappa shape index (κ2) is 3.42. The van der Waals surface area contributed by atoms with Crippen molar-refractivity contribution in [3.63, 3.8) is 0 Å². The van der Waals surface area contributed by atoms with E-state index in [1.807, 2.05) is 16.3 Å². The molecule has 1 amide bonds. The lowest BCUT2D eigenvalue weighted by atomic mass is 10.3. The Balaban J connectivity index is 2.86. The fraction of sp³-hybridized carbons (Fsp3) is 0. The van der Waals surface area contributed by atoms with Crippen LogP contribution < -0.4 is 5.32 Å². The zero-order chi connectivity index (χ0) is 8.27. The van der Waals surface area contributed by atoms with Gasteiger partial charge in [-0.05, 0) is 12.1 Å². The number of hydrogen-bond acceptors (Lipinski definition) is 2. The minimum absolute atomic E-state index is 0.0725. The summed E-state index contributed by atoms with van der Waals surface area (Å²) in [4.78, 5) is 10.5. The Morgan fingerprint density at radius 1 is 1.45 bits per heavy atom. The van der Waals surface area contributed by atoms with Crippen LogP contribution >= 0.6 is 0 Å².